The quantitative estimate of drug-likeness (QED) is 0.688. The van der Waals surface area contributed by atoms with Gasteiger partial charge in [0.15, 0.2) is 0 Å². The molecule has 1 N–H and O–H groups in total. The standard InChI is InChI=1S/C13H19N3O4/c1-2-9-13(20)14-6-8-15(9)12(19)5-7-16-10(17)3-4-11(16)18/h9H,2-8H2,1H3,(H,14,20). The van der Waals surface area contributed by atoms with Crippen LogP contribution in [0.5, 0.6) is 0 Å². The van der Waals surface area contributed by atoms with Crippen molar-refractivity contribution >= 4 is 23.6 Å². The van der Waals surface area contributed by atoms with Gasteiger partial charge in [-0.05, 0) is 6.42 Å². The molecule has 7 heteroatoms. The van der Waals surface area contributed by atoms with Gasteiger partial charge in [-0.3, -0.25) is 24.1 Å². The van der Waals surface area contributed by atoms with Gasteiger partial charge in [-0.15, -0.1) is 0 Å². The molecule has 1 atom stereocenters. The molecule has 4 amide bonds. The van der Waals surface area contributed by atoms with E-state index in [-0.39, 0.29) is 49.4 Å². The highest BCUT2D eigenvalue weighted by molar-refractivity contribution is 6.02. The second kappa shape index (κ2) is 6.02. The van der Waals surface area contributed by atoms with Gasteiger partial charge in [0.25, 0.3) is 0 Å². The second-order valence-electron chi connectivity index (χ2n) is 4.99. The monoisotopic (exact) mass is 281 g/mol. The average Bonchev–Trinajstić information content (AvgIpc) is 2.75. The first-order valence-corrected chi connectivity index (χ1v) is 6.95. The summed E-state index contributed by atoms with van der Waals surface area (Å²) < 4.78 is 0. The van der Waals surface area contributed by atoms with Gasteiger partial charge in [-0.1, -0.05) is 6.92 Å². The van der Waals surface area contributed by atoms with Crippen LogP contribution >= 0.6 is 0 Å². The van der Waals surface area contributed by atoms with E-state index in [9.17, 15) is 19.2 Å². The lowest BCUT2D eigenvalue weighted by molar-refractivity contribution is -0.145. The summed E-state index contributed by atoms with van der Waals surface area (Å²) >= 11 is 0. The average molecular weight is 281 g/mol. The molecule has 110 valence electrons. The Labute approximate surface area is 117 Å². The number of hydrogen-bond donors (Lipinski definition) is 1. The zero-order valence-corrected chi connectivity index (χ0v) is 11.6. The van der Waals surface area contributed by atoms with E-state index in [1.54, 1.807) is 4.90 Å². The highest BCUT2D eigenvalue weighted by Crippen LogP contribution is 2.14. The van der Waals surface area contributed by atoms with Gasteiger partial charge in [-0.25, -0.2) is 0 Å². The maximum absolute atomic E-state index is 12.2. The van der Waals surface area contributed by atoms with Crippen molar-refractivity contribution in [1.82, 2.24) is 15.1 Å². The zero-order chi connectivity index (χ0) is 14.7. The Morgan fingerprint density at radius 1 is 1.25 bits per heavy atom. The topological polar surface area (TPSA) is 86.8 Å². The molecule has 7 nitrogen and oxygen atoms in total. The van der Waals surface area contributed by atoms with E-state index in [0.29, 0.717) is 19.5 Å². The minimum Gasteiger partial charge on any atom is -0.353 e. The number of piperazine rings is 1. The summed E-state index contributed by atoms with van der Waals surface area (Å²) in [5.74, 6) is -0.753. The van der Waals surface area contributed by atoms with Crippen LogP contribution in [0.25, 0.3) is 0 Å². The second-order valence-corrected chi connectivity index (χ2v) is 4.99. The summed E-state index contributed by atoms with van der Waals surface area (Å²) in [5, 5.41) is 2.73. The van der Waals surface area contributed by atoms with Crippen molar-refractivity contribution < 1.29 is 19.2 Å². The lowest BCUT2D eigenvalue weighted by Crippen LogP contribution is -2.57. The first kappa shape index (κ1) is 14.5. The Morgan fingerprint density at radius 3 is 2.50 bits per heavy atom. The predicted octanol–water partition coefficient (Wildman–Crippen LogP) is -0.737. The molecule has 0 aromatic carbocycles. The van der Waals surface area contributed by atoms with Crippen LogP contribution in [-0.4, -0.2) is 59.1 Å². The molecular formula is C13H19N3O4. The highest BCUT2D eigenvalue weighted by Gasteiger charge is 2.33. The van der Waals surface area contributed by atoms with E-state index in [0.717, 1.165) is 4.90 Å². The molecule has 0 aromatic rings. The van der Waals surface area contributed by atoms with Crippen LogP contribution in [0, 0.1) is 0 Å². The molecule has 2 fully saturated rings. The molecule has 0 aliphatic carbocycles. The van der Waals surface area contributed by atoms with Crippen LogP contribution in [0.3, 0.4) is 0 Å². The van der Waals surface area contributed by atoms with Crippen LogP contribution in [0.1, 0.15) is 32.6 Å². The van der Waals surface area contributed by atoms with E-state index < -0.39 is 6.04 Å². The summed E-state index contributed by atoms with van der Waals surface area (Å²) in [7, 11) is 0. The van der Waals surface area contributed by atoms with Crippen molar-refractivity contribution in [2.24, 2.45) is 0 Å². The fourth-order valence-electron chi connectivity index (χ4n) is 2.64. The Kier molecular flexibility index (Phi) is 4.36. The zero-order valence-electron chi connectivity index (χ0n) is 11.6. The van der Waals surface area contributed by atoms with Crippen molar-refractivity contribution in [3.05, 3.63) is 0 Å². The summed E-state index contributed by atoms with van der Waals surface area (Å²) in [6.45, 7) is 2.89. The summed E-state index contributed by atoms with van der Waals surface area (Å²) in [4.78, 5) is 49.5. The van der Waals surface area contributed by atoms with E-state index in [4.69, 9.17) is 0 Å². The number of carbonyl (C=O) groups is 4. The molecule has 2 heterocycles. The lowest BCUT2D eigenvalue weighted by atomic mass is 10.1. The fourth-order valence-corrected chi connectivity index (χ4v) is 2.64. The Morgan fingerprint density at radius 2 is 1.90 bits per heavy atom. The Balaban J connectivity index is 1.92. The molecule has 2 saturated heterocycles. The summed E-state index contributed by atoms with van der Waals surface area (Å²) in [5.41, 5.74) is 0. The maximum Gasteiger partial charge on any atom is 0.242 e. The van der Waals surface area contributed by atoms with Gasteiger partial charge < -0.3 is 10.2 Å². The largest absolute Gasteiger partial charge is 0.353 e. The van der Waals surface area contributed by atoms with Crippen LogP contribution in [-0.2, 0) is 19.2 Å². The van der Waals surface area contributed by atoms with Crippen molar-refractivity contribution in [2.45, 2.75) is 38.6 Å². The minimum atomic E-state index is -0.443. The van der Waals surface area contributed by atoms with Crippen LogP contribution in [0.15, 0.2) is 0 Å². The fraction of sp³-hybridized carbons (Fsp3) is 0.692. The van der Waals surface area contributed by atoms with Crippen molar-refractivity contribution in [1.29, 1.82) is 0 Å². The molecule has 0 spiro atoms. The van der Waals surface area contributed by atoms with Gasteiger partial charge in [0, 0.05) is 38.9 Å². The number of amides is 4. The van der Waals surface area contributed by atoms with Gasteiger partial charge in [-0.2, -0.15) is 0 Å². The van der Waals surface area contributed by atoms with Crippen molar-refractivity contribution in [2.75, 3.05) is 19.6 Å². The Hall–Kier alpha value is -1.92. The first-order valence-electron chi connectivity index (χ1n) is 6.95. The predicted molar refractivity (Wildman–Crippen MR) is 69.4 cm³/mol. The molecule has 0 aromatic heterocycles. The SMILES string of the molecule is CCC1C(=O)NCCN1C(=O)CCN1C(=O)CCC1=O. The number of hydrogen-bond acceptors (Lipinski definition) is 4. The van der Waals surface area contributed by atoms with Crippen molar-refractivity contribution in [3.8, 4) is 0 Å². The van der Waals surface area contributed by atoms with Gasteiger partial charge >= 0.3 is 0 Å². The van der Waals surface area contributed by atoms with E-state index in [1.807, 2.05) is 6.92 Å². The molecule has 20 heavy (non-hydrogen) atoms. The van der Waals surface area contributed by atoms with E-state index >= 15 is 0 Å². The van der Waals surface area contributed by atoms with E-state index in [2.05, 4.69) is 5.32 Å². The molecular weight excluding hydrogens is 262 g/mol. The molecule has 2 aliphatic rings. The molecule has 2 aliphatic heterocycles. The third kappa shape index (κ3) is 2.81. The normalized spacial score (nSPS) is 23.2. The van der Waals surface area contributed by atoms with Crippen LogP contribution in [0.4, 0.5) is 0 Å². The molecule has 0 radical (unpaired) electrons. The van der Waals surface area contributed by atoms with Crippen LogP contribution < -0.4 is 5.32 Å². The summed E-state index contributed by atoms with van der Waals surface area (Å²) in [6, 6.07) is -0.443. The van der Waals surface area contributed by atoms with Gasteiger partial charge in [0.2, 0.25) is 23.6 Å². The van der Waals surface area contributed by atoms with Gasteiger partial charge in [0.05, 0.1) is 0 Å². The number of rotatable bonds is 4. The smallest absolute Gasteiger partial charge is 0.242 e. The lowest BCUT2D eigenvalue weighted by Gasteiger charge is -2.34. The number of likely N-dealkylation sites (tertiary alicyclic amines) is 1. The number of nitrogens with zero attached hydrogens (tertiary/aromatic N) is 2. The molecule has 0 saturated carbocycles. The van der Waals surface area contributed by atoms with Crippen LogP contribution in [0.2, 0.25) is 0 Å². The van der Waals surface area contributed by atoms with Gasteiger partial charge in [0.1, 0.15) is 6.04 Å². The number of carbonyl (C=O) groups excluding carboxylic acids is 4. The highest BCUT2D eigenvalue weighted by atomic mass is 16.2. The molecule has 0 bridgehead atoms. The third-order valence-corrected chi connectivity index (χ3v) is 3.74. The molecule has 2 rings (SSSR count). The van der Waals surface area contributed by atoms with E-state index in [1.165, 1.54) is 0 Å². The summed E-state index contributed by atoms with van der Waals surface area (Å²) in [6.07, 6.45) is 1.11. The number of nitrogens with one attached hydrogen (secondary N) is 1. The molecule has 1 unspecified atom stereocenters. The minimum absolute atomic E-state index is 0.0846. The van der Waals surface area contributed by atoms with Crippen molar-refractivity contribution in [3.63, 3.8) is 0 Å². The third-order valence-electron chi connectivity index (χ3n) is 3.74. The number of imide groups is 1. The maximum atomic E-state index is 12.2. The Bertz CT molecular complexity index is 433. The first-order chi connectivity index (χ1) is 9.54.